The summed E-state index contributed by atoms with van der Waals surface area (Å²) in [6.45, 7) is 0.827. The number of alkyl halides is 3. The van der Waals surface area contributed by atoms with Gasteiger partial charge in [0.25, 0.3) is 0 Å². The predicted molar refractivity (Wildman–Crippen MR) is 47.6 cm³/mol. The minimum absolute atomic E-state index is 0.308. The molecule has 0 fully saturated rings. The van der Waals surface area contributed by atoms with Gasteiger partial charge in [0.05, 0.1) is 5.56 Å². The molecule has 0 saturated heterocycles. The van der Waals surface area contributed by atoms with E-state index >= 15 is 0 Å². The molecule has 1 rings (SSSR count). The highest BCUT2D eigenvalue weighted by atomic mass is 19.4. The molecule has 0 aliphatic heterocycles. The van der Waals surface area contributed by atoms with E-state index in [-0.39, 0.29) is 5.69 Å². The summed E-state index contributed by atoms with van der Waals surface area (Å²) < 4.78 is 37.4. The molecule has 0 bridgehead atoms. The van der Waals surface area contributed by atoms with Crippen LogP contribution < -0.4 is 5.73 Å². The van der Waals surface area contributed by atoms with Crippen molar-refractivity contribution in [2.75, 3.05) is 5.73 Å². The van der Waals surface area contributed by atoms with E-state index in [2.05, 4.69) is 0 Å². The van der Waals surface area contributed by atoms with Crippen molar-refractivity contribution < 1.29 is 23.4 Å². The second-order valence-corrected chi connectivity index (χ2v) is 3.29. The maximum Gasteiger partial charge on any atom is 0.416 e. The summed E-state index contributed by atoms with van der Waals surface area (Å²) >= 11 is 0. The molecule has 0 aliphatic carbocycles. The van der Waals surface area contributed by atoms with Crippen LogP contribution in [0, 0.1) is 0 Å². The predicted octanol–water partition coefficient (Wildman–Crippen LogP) is 1.44. The summed E-state index contributed by atoms with van der Waals surface area (Å²) in [5.74, 6) is -2.61. The summed E-state index contributed by atoms with van der Waals surface area (Å²) in [6, 6.07) is 3.03. The fourth-order valence-corrected chi connectivity index (χ4v) is 1.33. The van der Waals surface area contributed by atoms with Gasteiger partial charge >= 0.3 is 6.18 Å². The quantitative estimate of drug-likeness (QED) is 0.496. The van der Waals surface area contributed by atoms with Gasteiger partial charge in [0.2, 0.25) is 0 Å². The molecule has 4 N–H and O–H groups in total. The van der Waals surface area contributed by atoms with Gasteiger partial charge in [0.15, 0.2) is 5.79 Å². The van der Waals surface area contributed by atoms with E-state index in [4.69, 9.17) is 5.73 Å². The number of hydrogen-bond acceptors (Lipinski definition) is 3. The number of halogens is 3. The standard InChI is InChI=1S/C9H10F3NO2/c1-8(14,15)7-5(9(10,11)12)3-2-4-6(7)13/h2-4,14-15H,13H2,1H3. The van der Waals surface area contributed by atoms with Crippen molar-refractivity contribution in [3.05, 3.63) is 29.3 Å². The van der Waals surface area contributed by atoms with Crippen LogP contribution in [0.3, 0.4) is 0 Å². The molecule has 0 aliphatic rings. The zero-order chi connectivity index (χ0) is 11.9. The fraction of sp³-hybridized carbons (Fsp3) is 0.333. The number of hydrogen-bond donors (Lipinski definition) is 3. The SMILES string of the molecule is CC(O)(O)c1c(N)cccc1C(F)(F)F. The number of nitrogens with two attached hydrogens (primary N) is 1. The third kappa shape index (κ3) is 2.40. The molecule has 1 aromatic rings. The second kappa shape index (κ2) is 3.39. The first-order valence-corrected chi connectivity index (χ1v) is 4.05. The Morgan fingerprint density at radius 1 is 1.20 bits per heavy atom. The molecule has 0 heterocycles. The molecule has 0 aromatic heterocycles. The lowest BCUT2D eigenvalue weighted by Crippen LogP contribution is -2.26. The van der Waals surface area contributed by atoms with Crippen LogP contribution in [0.2, 0.25) is 0 Å². The second-order valence-electron chi connectivity index (χ2n) is 3.29. The Morgan fingerprint density at radius 2 is 1.73 bits per heavy atom. The molecule has 84 valence electrons. The molecule has 3 nitrogen and oxygen atoms in total. The van der Waals surface area contributed by atoms with Crippen LogP contribution in [0.25, 0.3) is 0 Å². The highest BCUT2D eigenvalue weighted by molar-refractivity contribution is 5.53. The van der Waals surface area contributed by atoms with Gasteiger partial charge in [0.1, 0.15) is 0 Å². The molecule has 15 heavy (non-hydrogen) atoms. The zero-order valence-corrected chi connectivity index (χ0v) is 7.84. The Labute approximate surface area is 84.0 Å². The lowest BCUT2D eigenvalue weighted by Gasteiger charge is -2.23. The molecule has 0 radical (unpaired) electrons. The van der Waals surface area contributed by atoms with E-state index in [9.17, 15) is 23.4 Å². The highest BCUT2D eigenvalue weighted by Crippen LogP contribution is 2.38. The summed E-state index contributed by atoms with van der Waals surface area (Å²) in [5.41, 5.74) is 3.11. The Balaban J connectivity index is 3.48. The van der Waals surface area contributed by atoms with Gasteiger partial charge < -0.3 is 15.9 Å². The first-order chi connectivity index (χ1) is 6.64. The smallest absolute Gasteiger partial charge is 0.398 e. The van der Waals surface area contributed by atoms with E-state index < -0.39 is 23.1 Å². The fourth-order valence-electron chi connectivity index (χ4n) is 1.33. The van der Waals surface area contributed by atoms with Gasteiger partial charge in [-0.15, -0.1) is 0 Å². The van der Waals surface area contributed by atoms with Crippen molar-refractivity contribution in [1.82, 2.24) is 0 Å². The third-order valence-electron chi connectivity index (χ3n) is 1.88. The van der Waals surface area contributed by atoms with Crippen LogP contribution in [0.4, 0.5) is 18.9 Å². The van der Waals surface area contributed by atoms with Crippen molar-refractivity contribution in [2.45, 2.75) is 18.9 Å². The lowest BCUT2D eigenvalue weighted by atomic mass is 9.98. The van der Waals surface area contributed by atoms with Gasteiger partial charge in [-0.1, -0.05) is 6.07 Å². The van der Waals surface area contributed by atoms with Crippen LogP contribution in [0.15, 0.2) is 18.2 Å². The highest BCUT2D eigenvalue weighted by Gasteiger charge is 2.39. The molecular weight excluding hydrogens is 211 g/mol. The first kappa shape index (κ1) is 11.8. The van der Waals surface area contributed by atoms with E-state index in [0.717, 1.165) is 19.1 Å². The van der Waals surface area contributed by atoms with Crippen molar-refractivity contribution in [1.29, 1.82) is 0 Å². The van der Waals surface area contributed by atoms with E-state index in [1.165, 1.54) is 6.07 Å². The molecule has 6 heteroatoms. The van der Waals surface area contributed by atoms with Crippen molar-refractivity contribution in [3.8, 4) is 0 Å². The van der Waals surface area contributed by atoms with E-state index in [0.29, 0.717) is 0 Å². The van der Waals surface area contributed by atoms with Gasteiger partial charge in [-0.2, -0.15) is 13.2 Å². The van der Waals surface area contributed by atoms with E-state index in [1.807, 2.05) is 0 Å². The van der Waals surface area contributed by atoms with Crippen LogP contribution in [-0.4, -0.2) is 10.2 Å². The third-order valence-corrected chi connectivity index (χ3v) is 1.88. The molecule has 0 atom stereocenters. The van der Waals surface area contributed by atoms with E-state index in [1.54, 1.807) is 0 Å². The Morgan fingerprint density at radius 3 is 2.07 bits per heavy atom. The average molecular weight is 221 g/mol. The monoisotopic (exact) mass is 221 g/mol. The van der Waals surface area contributed by atoms with Crippen LogP contribution in [0.5, 0.6) is 0 Å². The molecular formula is C9H10F3NO2. The molecule has 1 aromatic carbocycles. The largest absolute Gasteiger partial charge is 0.416 e. The van der Waals surface area contributed by atoms with Crippen LogP contribution >= 0.6 is 0 Å². The zero-order valence-electron chi connectivity index (χ0n) is 7.84. The number of rotatable bonds is 1. The maximum absolute atomic E-state index is 12.5. The van der Waals surface area contributed by atoms with Crippen LogP contribution in [-0.2, 0) is 12.0 Å². The minimum atomic E-state index is -4.67. The Kier molecular flexibility index (Phi) is 2.67. The van der Waals surface area contributed by atoms with Crippen LogP contribution in [0.1, 0.15) is 18.1 Å². The Hall–Kier alpha value is -1.27. The molecule has 0 saturated carbocycles. The molecule has 0 spiro atoms. The van der Waals surface area contributed by atoms with Gasteiger partial charge in [-0.3, -0.25) is 0 Å². The number of aliphatic hydroxyl groups is 2. The first-order valence-electron chi connectivity index (χ1n) is 4.05. The molecule has 0 unspecified atom stereocenters. The minimum Gasteiger partial charge on any atom is -0.398 e. The normalized spacial score (nSPS) is 12.9. The summed E-state index contributed by atoms with van der Waals surface area (Å²) in [4.78, 5) is 0. The van der Waals surface area contributed by atoms with Gasteiger partial charge in [0, 0.05) is 11.3 Å². The number of anilines is 1. The lowest BCUT2D eigenvalue weighted by molar-refractivity contribution is -0.169. The average Bonchev–Trinajstić information content (AvgIpc) is 1.99. The topological polar surface area (TPSA) is 66.5 Å². The van der Waals surface area contributed by atoms with Gasteiger partial charge in [-0.25, -0.2) is 0 Å². The van der Waals surface area contributed by atoms with Gasteiger partial charge in [-0.05, 0) is 19.1 Å². The Bertz CT molecular complexity index is 369. The summed E-state index contributed by atoms with van der Waals surface area (Å²) in [7, 11) is 0. The summed E-state index contributed by atoms with van der Waals surface area (Å²) in [5, 5.41) is 18.4. The number of benzene rings is 1. The van der Waals surface area contributed by atoms with Crippen molar-refractivity contribution in [3.63, 3.8) is 0 Å². The van der Waals surface area contributed by atoms with Crippen molar-refractivity contribution >= 4 is 5.69 Å². The maximum atomic E-state index is 12.5. The summed E-state index contributed by atoms with van der Waals surface area (Å²) in [6.07, 6.45) is -4.67. The number of nitrogen functional groups attached to an aromatic ring is 1. The van der Waals surface area contributed by atoms with Crippen molar-refractivity contribution in [2.24, 2.45) is 0 Å². The molecule has 0 amide bonds.